The molecule has 108 valence electrons. The fourth-order valence-electron chi connectivity index (χ4n) is 2.81. The maximum absolute atomic E-state index is 12.3. The van der Waals surface area contributed by atoms with Gasteiger partial charge in [-0.15, -0.1) is 0 Å². The minimum absolute atomic E-state index is 0.0284. The molecule has 1 aliphatic carbocycles. The molecule has 20 heavy (non-hydrogen) atoms. The van der Waals surface area contributed by atoms with Gasteiger partial charge in [-0.25, -0.2) is 0 Å². The topological polar surface area (TPSA) is 73.6 Å². The molecular weight excluding hydrogens is 256 g/mol. The van der Waals surface area contributed by atoms with Crippen molar-refractivity contribution in [1.29, 1.82) is 0 Å². The number of carbonyl (C=O) groups is 1. The predicted molar refractivity (Wildman–Crippen MR) is 74.5 cm³/mol. The molecule has 4 atom stereocenters. The molecular formula is C15H20N2O3. The van der Waals surface area contributed by atoms with Crippen molar-refractivity contribution >= 4 is 5.91 Å². The molecule has 1 fully saturated rings. The van der Waals surface area contributed by atoms with Crippen molar-refractivity contribution in [2.45, 2.75) is 44.1 Å². The van der Waals surface area contributed by atoms with Crippen LogP contribution in [0.4, 0.5) is 0 Å². The summed E-state index contributed by atoms with van der Waals surface area (Å²) in [6.07, 6.45) is 0.985. The summed E-state index contributed by atoms with van der Waals surface area (Å²) in [5.74, 6) is 0.693. The second-order valence-electron chi connectivity index (χ2n) is 5.35. The van der Waals surface area contributed by atoms with Crippen LogP contribution in [0.25, 0.3) is 0 Å². The van der Waals surface area contributed by atoms with Crippen LogP contribution in [0.15, 0.2) is 24.3 Å². The summed E-state index contributed by atoms with van der Waals surface area (Å²) in [5, 5.41) is 2.96. The normalized spacial score (nSPS) is 31.1. The van der Waals surface area contributed by atoms with Crippen LogP contribution in [0.5, 0.6) is 5.75 Å². The van der Waals surface area contributed by atoms with Gasteiger partial charge in [-0.2, -0.15) is 0 Å². The number of nitrogens with one attached hydrogen (secondary N) is 1. The van der Waals surface area contributed by atoms with Crippen molar-refractivity contribution in [2.24, 2.45) is 5.73 Å². The van der Waals surface area contributed by atoms with Crippen molar-refractivity contribution in [3.8, 4) is 5.75 Å². The first-order valence-electron chi connectivity index (χ1n) is 7.11. The lowest BCUT2D eigenvalue weighted by molar-refractivity contribution is -0.131. The number of ether oxygens (including phenoxy) is 2. The van der Waals surface area contributed by atoms with Crippen molar-refractivity contribution < 1.29 is 14.3 Å². The minimum atomic E-state index is -0.456. The third-order valence-corrected chi connectivity index (χ3v) is 4.00. The fraction of sp³-hybridized carbons (Fsp3) is 0.533. The summed E-state index contributed by atoms with van der Waals surface area (Å²) < 4.78 is 11.2. The van der Waals surface area contributed by atoms with Crippen LogP contribution in [0.2, 0.25) is 0 Å². The first kappa shape index (κ1) is 13.4. The van der Waals surface area contributed by atoms with Crippen molar-refractivity contribution in [3.05, 3.63) is 29.8 Å². The lowest BCUT2D eigenvalue weighted by Crippen LogP contribution is -2.66. The van der Waals surface area contributed by atoms with Gasteiger partial charge < -0.3 is 20.5 Å². The third-order valence-electron chi connectivity index (χ3n) is 4.00. The van der Waals surface area contributed by atoms with E-state index in [9.17, 15) is 4.79 Å². The number of carbonyl (C=O) groups excluding carboxylic acids is 1. The molecule has 1 saturated carbocycles. The highest BCUT2D eigenvalue weighted by Gasteiger charge is 2.42. The summed E-state index contributed by atoms with van der Waals surface area (Å²) in [5.41, 5.74) is 7.01. The Kier molecular flexibility index (Phi) is 3.63. The quantitative estimate of drug-likeness (QED) is 0.845. The highest BCUT2D eigenvalue weighted by atomic mass is 16.5. The second kappa shape index (κ2) is 5.42. The predicted octanol–water partition coefficient (Wildman–Crippen LogP) is 0.611. The minimum Gasteiger partial charge on any atom is -0.480 e. The smallest absolute Gasteiger partial charge is 0.261 e. The summed E-state index contributed by atoms with van der Waals surface area (Å²) in [4.78, 5) is 12.3. The Morgan fingerprint density at radius 2 is 2.30 bits per heavy atom. The molecule has 1 aromatic rings. The maximum atomic E-state index is 12.3. The third kappa shape index (κ3) is 2.39. The Bertz CT molecular complexity index is 479. The van der Waals surface area contributed by atoms with Gasteiger partial charge in [-0.05, 0) is 25.0 Å². The Morgan fingerprint density at radius 3 is 3.00 bits per heavy atom. The zero-order valence-electron chi connectivity index (χ0n) is 11.5. The molecule has 1 amide bonds. The van der Waals surface area contributed by atoms with E-state index in [0.29, 0.717) is 13.0 Å². The zero-order chi connectivity index (χ0) is 14.1. The highest BCUT2D eigenvalue weighted by molar-refractivity contribution is 5.83. The van der Waals surface area contributed by atoms with Gasteiger partial charge in [-0.3, -0.25) is 4.79 Å². The van der Waals surface area contributed by atoms with Gasteiger partial charge in [-0.1, -0.05) is 18.2 Å². The van der Waals surface area contributed by atoms with E-state index < -0.39 is 6.10 Å². The summed E-state index contributed by atoms with van der Waals surface area (Å²) >= 11 is 0. The zero-order valence-corrected chi connectivity index (χ0v) is 11.5. The summed E-state index contributed by atoms with van der Waals surface area (Å²) in [7, 11) is 0. The van der Waals surface area contributed by atoms with E-state index >= 15 is 0 Å². The average molecular weight is 276 g/mol. The molecule has 3 N–H and O–H groups in total. The Balaban J connectivity index is 1.58. The second-order valence-corrected chi connectivity index (χ2v) is 5.35. The molecule has 0 saturated heterocycles. The monoisotopic (exact) mass is 276 g/mol. The number of hydrogen-bond acceptors (Lipinski definition) is 4. The standard InChI is InChI=1S/C15H20N2O3/c1-2-19-12-8-10(16)14(12)17-15(18)13-7-9-5-3-4-6-11(9)20-13/h3-6,10,12-14H,2,7-8,16H2,1H3,(H,17,18). The van der Waals surface area contributed by atoms with Gasteiger partial charge in [0.05, 0.1) is 12.1 Å². The van der Waals surface area contributed by atoms with Gasteiger partial charge in [0, 0.05) is 19.1 Å². The molecule has 5 nitrogen and oxygen atoms in total. The SMILES string of the molecule is CCOC1CC(N)C1NC(=O)C1Cc2ccccc2O1. The summed E-state index contributed by atoms with van der Waals surface area (Å²) in [6.45, 7) is 2.58. The Labute approximate surface area is 118 Å². The Hall–Kier alpha value is -1.59. The van der Waals surface area contributed by atoms with Crippen molar-refractivity contribution in [1.82, 2.24) is 5.32 Å². The van der Waals surface area contributed by atoms with Gasteiger partial charge in [0.25, 0.3) is 5.91 Å². The van der Waals surface area contributed by atoms with Crippen LogP contribution in [0, 0.1) is 0 Å². The number of benzene rings is 1. The molecule has 0 aromatic heterocycles. The van der Waals surface area contributed by atoms with E-state index in [1.54, 1.807) is 0 Å². The van der Waals surface area contributed by atoms with E-state index in [4.69, 9.17) is 15.2 Å². The van der Waals surface area contributed by atoms with Crippen molar-refractivity contribution in [3.63, 3.8) is 0 Å². The van der Waals surface area contributed by atoms with Gasteiger partial charge >= 0.3 is 0 Å². The van der Waals surface area contributed by atoms with Crippen LogP contribution < -0.4 is 15.8 Å². The molecule has 4 unspecified atom stereocenters. The molecule has 0 radical (unpaired) electrons. The maximum Gasteiger partial charge on any atom is 0.261 e. The largest absolute Gasteiger partial charge is 0.480 e. The molecule has 5 heteroatoms. The van der Waals surface area contributed by atoms with E-state index in [1.807, 2.05) is 31.2 Å². The first-order valence-corrected chi connectivity index (χ1v) is 7.11. The van der Waals surface area contributed by atoms with Crippen LogP contribution in [0.3, 0.4) is 0 Å². The number of hydrogen-bond donors (Lipinski definition) is 2. The van der Waals surface area contributed by atoms with E-state index in [1.165, 1.54) is 0 Å². The average Bonchev–Trinajstić information content (AvgIpc) is 2.88. The molecule has 1 aliphatic heterocycles. The number of nitrogens with two attached hydrogens (primary N) is 1. The van der Waals surface area contributed by atoms with Crippen LogP contribution in [-0.2, 0) is 16.0 Å². The molecule has 1 aromatic carbocycles. The van der Waals surface area contributed by atoms with Crippen LogP contribution in [-0.4, -0.2) is 36.8 Å². The number of amides is 1. The fourth-order valence-corrected chi connectivity index (χ4v) is 2.81. The van der Waals surface area contributed by atoms with Gasteiger partial charge in [0.2, 0.25) is 0 Å². The Morgan fingerprint density at radius 1 is 1.50 bits per heavy atom. The van der Waals surface area contributed by atoms with Crippen molar-refractivity contribution in [2.75, 3.05) is 6.61 Å². The number of fused-ring (bicyclic) bond motifs is 1. The van der Waals surface area contributed by atoms with E-state index in [0.717, 1.165) is 17.7 Å². The molecule has 0 spiro atoms. The van der Waals surface area contributed by atoms with E-state index in [-0.39, 0.29) is 24.1 Å². The lowest BCUT2D eigenvalue weighted by Gasteiger charge is -2.42. The first-order chi connectivity index (χ1) is 9.69. The van der Waals surface area contributed by atoms with Crippen LogP contribution >= 0.6 is 0 Å². The highest BCUT2D eigenvalue weighted by Crippen LogP contribution is 2.29. The van der Waals surface area contributed by atoms with E-state index in [2.05, 4.69) is 5.32 Å². The molecule has 1 heterocycles. The number of para-hydroxylation sites is 1. The van der Waals surface area contributed by atoms with Crippen LogP contribution in [0.1, 0.15) is 18.9 Å². The molecule has 3 rings (SSSR count). The molecule has 2 aliphatic rings. The lowest BCUT2D eigenvalue weighted by atomic mass is 9.83. The summed E-state index contributed by atoms with van der Waals surface area (Å²) in [6, 6.07) is 7.61. The van der Waals surface area contributed by atoms with Gasteiger partial charge in [0.15, 0.2) is 6.10 Å². The molecule has 0 bridgehead atoms. The number of rotatable bonds is 4. The van der Waals surface area contributed by atoms with Gasteiger partial charge in [0.1, 0.15) is 5.75 Å².